The van der Waals surface area contributed by atoms with Crippen molar-refractivity contribution in [1.82, 2.24) is 0 Å². The fourth-order valence-electron chi connectivity index (χ4n) is 0.504. The third-order valence-corrected chi connectivity index (χ3v) is 0.882. The second-order valence-electron chi connectivity index (χ2n) is 1.72. The Hall–Kier alpha value is -0.660. The van der Waals surface area contributed by atoms with Crippen molar-refractivity contribution in [3.63, 3.8) is 0 Å². The van der Waals surface area contributed by atoms with Gasteiger partial charge in [0.05, 0.1) is 0 Å². The van der Waals surface area contributed by atoms with Crippen molar-refractivity contribution >= 4 is 12.0 Å². The van der Waals surface area contributed by atoms with Gasteiger partial charge in [0.2, 0.25) is 0 Å². The van der Waals surface area contributed by atoms with E-state index in [0.717, 1.165) is 19.1 Å². The number of carbonyl (C=O) groups excluding carboxylic acids is 1. The van der Waals surface area contributed by atoms with Gasteiger partial charge < -0.3 is 10.2 Å². The van der Waals surface area contributed by atoms with Gasteiger partial charge in [0, 0.05) is 12.1 Å². The topological polar surface area (TPSA) is 40.9 Å². The summed E-state index contributed by atoms with van der Waals surface area (Å²) in [6.07, 6.45) is 2.82. The van der Waals surface area contributed by atoms with Crippen molar-refractivity contribution in [3.8, 4) is 0 Å². The largest absolute Gasteiger partial charge is 0.309 e. The average Bonchev–Trinajstić information content (AvgIpc) is 1.68. The minimum absolute atomic E-state index is 0.313. The molecule has 0 aliphatic carbocycles. The first kappa shape index (κ1) is 7.34. The Morgan fingerprint density at radius 2 is 2.38 bits per heavy atom. The maximum atomic E-state index is 9.75. The van der Waals surface area contributed by atoms with Gasteiger partial charge in [0.15, 0.2) is 0 Å². The van der Waals surface area contributed by atoms with E-state index in [-0.39, 0.29) is 0 Å². The van der Waals surface area contributed by atoms with Crippen molar-refractivity contribution in [2.45, 2.75) is 26.2 Å². The Morgan fingerprint density at radius 3 is 2.75 bits per heavy atom. The lowest BCUT2D eigenvalue weighted by Crippen LogP contribution is -1.94. The summed E-state index contributed by atoms with van der Waals surface area (Å²) in [6.45, 7) is 2.00. The molecule has 0 saturated heterocycles. The molecule has 0 heterocycles. The second kappa shape index (κ2) is 4.50. The molecular formula is C6H11NO. The van der Waals surface area contributed by atoms with Gasteiger partial charge in [0.25, 0.3) is 0 Å². The predicted octanol–water partition coefficient (Wildman–Crippen LogP) is 1.40. The summed E-state index contributed by atoms with van der Waals surface area (Å²) in [5.74, 6) is 0. The molecule has 8 heavy (non-hydrogen) atoms. The highest BCUT2D eigenvalue weighted by Gasteiger charge is 1.90. The van der Waals surface area contributed by atoms with Crippen LogP contribution in [0.3, 0.4) is 0 Å². The number of hydrogen-bond acceptors (Lipinski definition) is 2. The Morgan fingerprint density at radius 1 is 1.75 bits per heavy atom. The summed E-state index contributed by atoms with van der Waals surface area (Å²) in [4.78, 5) is 9.75. The number of rotatable bonds is 4. The monoisotopic (exact) mass is 113 g/mol. The third kappa shape index (κ3) is 3.53. The lowest BCUT2D eigenvalue weighted by molar-refractivity contribution is -0.106. The van der Waals surface area contributed by atoms with E-state index in [9.17, 15) is 4.79 Å². The second-order valence-corrected chi connectivity index (χ2v) is 1.72. The van der Waals surface area contributed by atoms with Crippen molar-refractivity contribution in [2.75, 3.05) is 0 Å². The first-order valence-corrected chi connectivity index (χ1v) is 2.81. The summed E-state index contributed by atoms with van der Waals surface area (Å²) >= 11 is 0. The lowest BCUT2D eigenvalue weighted by Gasteiger charge is -1.91. The Bertz CT molecular complexity index is 88.5. The molecule has 0 bridgehead atoms. The van der Waals surface area contributed by atoms with Gasteiger partial charge in [-0.25, -0.2) is 0 Å². The van der Waals surface area contributed by atoms with Crippen molar-refractivity contribution < 1.29 is 4.79 Å². The van der Waals surface area contributed by atoms with E-state index in [1.165, 1.54) is 0 Å². The molecule has 0 aliphatic rings. The Balaban J connectivity index is 3.18. The molecule has 0 aliphatic heterocycles. The van der Waals surface area contributed by atoms with E-state index in [1.807, 2.05) is 6.92 Å². The molecule has 1 N–H and O–H groups in total. The van der Waals surface area contributed by atoms with E-state index in [0.29, 0.717) is 12.1 Å². The van der Waals surface area contributed by atoms with Gasteiger partial charge in [0.1, 0.15) is 6.29 Å². The average molecular weight is 113 g/mol. The van der Waals surface area contributed by atoms with E-state index in [1.54, 1.807) is 0 Å². The highest BCUT2D eigenvalue weighted by Crippen LogP contribution is 1.90. The van der Waals surface area contributed by atoms with Crippen LogP contribution in [-0.4, -0.2) is 12.0 Å². The van der Waals surface area contributed by atoms with Crippen LogP contribution in [0.15, 0.2) is 0 Å². The van der Waals surface area contributed by atoms with E-state index >= 15 is 0 Å². The zero-order chi connectivity index (χ0) is 6.41. The van der Waals surface area contributed by atoms with Crippen molar-refractivity contribution in [1.29, 1.82) is 5.41 Å². The summed E-state index contributed by atoms with van der Waals surface area (Å²) in [5.41, 5.74) is 0.544. The quantitative estimate of drug-likeness (QED) is 0.434. The zero-order valence-electron chi connectivity index (χ0n) is 5.11. The molecule has 0 radical (unpaired) electrons. The van der Waals surface area contributed by atoms with E-state index in [2.05, 4.69) is 0 Å². The first-order chi connectivity index (χ1) is 3.81. The first-order valence-electron chi connectivity index (χ1n) is 2.81. The van der Waals surface area contributed by atoms with Crippen LogP contribution in [0.1, 0.15) is 26.2 Å². The van der Waals surface area contributed by atoms with Crippen LogP contribution in [-0.2, 0) is 4.79 Å². The molecule has 2 heteroatoms. The van der Waals surface area contributed by atoms with Crippen LogP contribution in [0, 0.1) is 5.41 Å². The summed E-state index contributed by atoms with van der Waals surface area (Å²) in [6, 6.07) is 0. The lowest BCUT2D eigenvalue weighted by atomic mass is 10.2. The van der Waals surface area contributed by atoms with Crippen LogP contribution in [0.25, 0.3) is 0 Å². The van der Waals surface area contributed by atoms with Crippen LogP contribution in [0.2, 0.25) is 0 Å². The minimum atomic E-state index is 0.313. The fourth-order valence-corrected chi connectivity index (χ4v) is 0.504. The maximum absolute atomic E-state index is 9.75. The summed E-state index contributed by atoms with van der Waals surface area (Å²) in [7, 11) is 0. The molecule has 0 aromatic heterocycles. The van der Waals surface area contributed by atoms with Crippen molar-refractivity contribution in [3.05, 3.63) is 0 Å². The molecule has 0 fully saturated rings. The maximum Gasteiger partial charge on any atom is 0.125 e. The highest BCUT2D eigenvalue weighted by atomic mass is 16.1. The molecule has 0 spiro atoms. The van der Waals surface area contributed by atoms with Gasteiger partial charge in [-0.05, 0) is 6.42 Å². The van der Waals surface area contributed by atoms with E-state index < -0.39 is 0 Å². The smallest absolute Gasteiger partial charge is 0.125 e. The molecule has 0 amide bonds. The molecular weight excluding hydrogens is 102 g/mol. The standard InChI is InChI=1S/C6H11NO/c1-2-3-6(7)4-5-8/h5,7H,2-4H2,1H3. The number of nitrogens with one attached hydrogen (secondary N) is 1. The summed E-state index contributed by atoms with van der Waals surface area (Å²) < 4.78 is 0. The normalized spacial score (nSPS) is 8.62. The fraction of sp³-hybridized carbons (Fsp3) is 0.667. The summed E-state index contributed by atoms with van der Waals surface area (Å²) in [5, 5.41) is 7.06. The molecule has 0 unspecified atom stereocenters. The van der Waals surface area contributed by atoms with E-state index in [4.69, 9.17) is 5.41 Å². The van der Waals surface area contributed by atoms with Gasteiger partial charge in [-0.3, -0.25) is 0 Å². The Labute approximate surface area is 49.4 Å². The van der Waals surface area contributed by atoms with Crippen LogP contribution >= 0.6 is 0 Å². The van der Waals surface area contributed by atoms with Crippen LogP contribution < -0.4 is 0 Å². The number of hydrogen-bond donors (Lipinski definition) is 1. The third-order valence-electron chi connectivity index (χ3n) is 0.882. The van der Waals surface area contributed by atoms with Crippen molar-refractivity contribution in [2.24, 2.45) is 0 Å². The van der Waals surface area contributed by atoms with Gasteiger partial charge >= 0.3 is 0 Å². The van der Waals surface area contributed by atoms with Crippen LogP contribution in [0.4, 0.5) is 0 Å². The molecule has 0 aromatic rings. The van der Waals surface area contributed by atoms with Gasteiger partial charge in [-0.2, -0.15) is 0 Å². The SMILES string of the molecule is CCCC(=N)CC=O. The molecule has 46 valence electrons. The number of aldehydes is 1. The molecule has 0 aromatic carbocycles. The molecule has 0 rings (SSSR count). The van der Waals surface area contributed by atoms with Gasteiger partial charge in [-0.1, -0.05) is 13.3 Å². The molecule has 0 atom stereocenters. The van der Waals surface area contributed by atoms with Crippen LogP contribution in [0.5, 0.6) is 0 Å². The Kier molecular flexibility index (Phi) is 4.13. The minimum Gasteiger partial charge on any atom is -0.309 e. The zero-order valence-corrected chi connectivity index (χ0v) is 5.11. The number of carbonyl (C=O) groups is 1. The molecule has 0 saturated carbocycles. The van der Waals surface area contributed by atoms with Gasteiger partial charge in [-0.15, -0.1) is 0 Å². The highest BCUT2D eigenvalue weighted by molar-refractivity contribution is 5.91. The predicted molar refractivity (Wildman–Crippen MR) is 33.3 cm³/mol. The molecule has 2 nitrogen and oxygen atoms in total.